The second kappa shape index (κ2) is 6.71. The SMILES string of the molecule is CCNCc1ccc(OC2CCOCC2)c(F)c1. The standard InChI is InChI=1S/C14H20FNO2/c1-2-16-10-11-3-4-14(13(15)9-11)18-12-5-7-17-8-6-12/h3-4,9,12,16H,2,5-8,10H2,1H3. The van der Waals surface area contributed by atoms with E-state index in [0.717, 1.165) is 24.9 Å². The normalized spacial score (nSPS) is 16.8. The molecule has 0 spiro atoms. The van der Waals surface area contributed by atoms with Gasteiger partial charge in [0.1, 0.15) is 6.10 Å². The highest BCUT2D eigenvalue weighted by Gasteiger charge is 2.17. The zero-order valence-corrected chi connectivity index (χ0v) is 10.7. The Balaban J connectivity index is 1.95. The van der Waals surface area contributed by atoms with Crippen LogP contribution in [0.2, 0.25) is 0 Å². The van der Waals surface area contributed by atoms with E-state index in [-0.39, 0.29) is 11.9 Å². The minimum absolute atomic E-state index is 0.0767. The summed E-state index contributed by atoms with van der Waals surface area (Å²) in [6.07, 6.45) is 1.74. The monoisotopic (exact) mass is 253 g/mol. The second-order valence-electron chi connectivity index (χ2n) is 4.47. The van der Waals surface area contributed by atoms with E-state index < -0.39 is 0 Å². The fourth-order valence-corrected chi connectivity index (χ4v) is 1.99. The zero-order chi connectivity index (χ0) is 12.8. The van der Waals surface area contributed by atoms with Gasteiger partial charge in [0.15, 0.2) is 11.6 Å². The summed E-state index contributed by atoms with van der Waals surface area (Å²) >= 11 is 0. The van der Waals surface area contributed by atoms with Crippen LogP contribution in [0.5, 0.6) is 5.75 Å². The van der Waals surface area contributed by atoms with Gasteiger partial charge in [-0.05, 0) is 24.2 Å². The van der Waals surface area contributed by atoms with Crippen LogP contribution in [0.15, 0.2) is 18.2 Å². The first-order valence-corrected chi connectivity index (χ1v) is 6.53. The van der Waals surface area contributed by atoms with Crippen molar-refractivity contribution in [1.29, 1.82) is 0 Å². The Morgan fingerprint density at radius 3 is 2.83 bits per heavy atom. The van der Waals surface area contributed by atoms with Crippen LogP contribution in [-0.4, -0.2) is 25.9 Å². The highest BCUT2D eigenvalue weighted by Crippen LogP contribution is 2.22. The lowest BCUT2D eigenvalue weighted by molar-refractivity contribution is 0.0240. The van der Waals surface area contributed by atoms with Gasteiger partial charge in [-0.15, -0.1) is 0 Å². The number of hydrogen-bond acceptors (Lipinski definition) is 3. The molecule has 1 fully saturated rings. The highest BCUT2D eigenvalue weighted by atomic mass is 19.1. The van der Waals surface area contributed by atoms with Gasteiger partial charge in [0.05, 0.1) is 13.2 Å². The summed E-state index contributed by atoms with van der Waals surface area (Å²) in [4.78, 5) is 0. The maximum Gasteiger partial charge on any atom is 0.165 e. The first-order valence-electron chi connectivity index (χ1n) is 6.53. The Morgan fingerprint density at radius 1 is 1.39 bits per heavy atom. The van der Waals surface area contributed by atoms with Gasteiger partial charge in [-0.3, -0.25) is 0 Å². The van der Waals surface area contributed by atoms with E-state index >= 15 is 0 Å². The van der Waals surface area contributed by atoms with E-state index in [1.807, 2.05) is 13.0 Å². The van der Waals surface area contributed by atoms with Gasteiger partial charge in [0.2, 0.25) is 0 Å². The summed E-state index contributed by atoms with van der Waals surface area (Å²) in [7, 11) is 0. The van der Waals surface area contributed by atoms with Crippen LogP contribution in [0, 0.1) is 5.82 Å². The molecule has 0 bridgehead atoms. The molecule has 1 aliphatic rings. The molecule has 0 aliphatic carbocycles. The summed E-state index contributed by atoms with van der Waals surface area (Å²) in [6.45, 7) is 4.99. The van der Waals surface area contributed by atoms with Crippen molar-refractivity contribution in [2.75, 3.05) is 19.8 Å². The average molecular weight is 253 g/mol. The van der Waals surface area contributed by atoms with Crippen LogP contribution in [0.3, 0.4) is 0 Å². The molecule has 1 aromatic carbocycles. The van der Waals surface area contributed by atoms with Crippen molar-refractivity contribution < 1.29 is 13.9 Å². The molecule has 0 unspecified atom stereocenters. The highest BCUT2D eigenvalue weighted by molar-refractivity contribution is 5.29. The molecule has 4 heteroatoms. The summed E-state index contributed by atoms with van der Waals surface area (Å²) in [6, 6.07) is 5.16. The molecule has 0 amide bonds. The van der Waals surface area contributed by atoms with Crippen molar-refractivity contribution in [1.82, 2.24) is 5.32 Å². The predicted octanol–water partition coefficient (Wildman–Crippen LogP) is 2.49. The fourth-order valence-electron chi connectivity index (χ4n) is 1.99. The molecule has 0 saturated carbocycles. The molecule has 3 nitrogen and oxygen atoms in total. The van der Waals surface area contributed by atoms with E-state index in [0.29, 0.717) is 25.5 Å². The van der Waals surface area contributed by atoms with Gasteiger partial charge in [-0.2, -0.15) is 0 Å². The van der Waals surface area contributed by atoms with Crippen molar-refractivity contribution in [3.8, 4) is 5.75 Å². The molecular weight excluding hydrogens is 233 g/mol. The number of halogens is 1. The van der Waals surface area contributed by atoms with E-state index in [1.54, 1.807) is 6.07 Å². The minimum Gasteiger partial charge on any atom is -0.487 e. The van der Waals surface area contributed by atoms with Gasteiger partial charge in [0.25, 0.3) is 0 Å². The van der Waals surface area contributed by atoms with Crippen LogP contribution >= 0.6 is 0 Å². The lowest BCUT2D eigenvalue weighted by atomic mass is 10.1. The van der Waals surface area contributed by atoms with Gasteiger partial charge in [0, 0.05) is 19.4 Å². The first-order chi connectivity index (χ1) is 8.79. The fraction of sp³-hybridized carbons (Fsp3) is 0.571. The van der Waals surface area contributed by atoms with Crippen molar-refractivity contribution >= 4 is 0 Å². The van der Waals surface area contributed by atoms with Gasteiger partial charge in [-0.25, -0.2) is 4.39 Å². The Bertz CT molecular complexity index is 378. The predicted molar refractivity (Wildman–Crippen MR) is 68.2 cm³/mol. The smallest absolute Gasteiger partial charge is 0.165 e. The molecule has 1 aliphatic heterocycles. The molecule has 2 rings (SSSR count). The maximum absolute atomic E-state index is 13.8. The van der Waals surface area contributed by atoms with Crippen LogP contribution < -0.4 is 10.1 Å². The average Bonchev–Trinajstić information content (AvgIpc) is 2.40. The quantitative estimate of drug-likeness (QED) is 0.874. The Kier molecular flexibility index (Phi) is 4.96. The van der Waals surface area contributed by atoms with Crippen molar-refractivity contribution in [3.05, 3.63) is 29.6 Å². The largest absolute Gasteiger partial charge is 0.487 e. The van der Waals surface area contributed by atoms with Gasteiger partial charge >= 0.3 is 0 Å². The van der Waals surface area contributed by atoms with Crippen molar-refractivity contribution in [3.63, 3.8) is 0 Å². The first kappa shape index (κ1) is 13.3. The second-order valence-corrected chi connectivity index (χ2v) is 4.47. The lowest BCUT2D eigenvalue weighted by Crippen LogP contribution is -2.26. The van der Waals surface area contributed by atoms with E-state index in [1.165, 1.54) is 6.07 Å². The molecule has 1 saturated heterocycles. The van der Waals surface area contributed by atoms with E-state index in [9.17, 15) is 4.39 Å². The van der Waals surface area contributed by atoms with E-state index in [4.69, 9.17) is 9.47 Å². The Morgan fingerprint density at radius 2 is 2.17 bits per heavy atom. The third kappa shape index (κ3) is 3.68. The molecule has 100 valence electrons. The molecule has 18 heavy (non-hydrogen) atoms. The Labute approximate surface area is 107 Å². The lowest BCUT2D eigenvalue weighted by Gasteiger charge is -2.23. The molecule has 0 atom stereocenters. The third-order valence-corrected chi connectivity index (χ3v) is 3.04. The van der Waals surface area contributed by atoms with Crippen LogP contribution in [-0.2, 0) is 11.3 Å². The third-order valence-electron chi connectivity index (χ3n) is 3.04. The molecular formula is C14H20FNO2. The maximum atomic E-state index is 13.8. The van der Waals surface area contributed by atoms with E-state index in [2.05, 4.69) is 5.32 Å². The number of rotatable bonds is 5. The summed E-state index contributed by atoms with van der Waals surface area (Å²) < 4.78 is 24.8. The van der Waals surface area contributed by atoms with Crippen LogP contribution in [0.25, 0.3) is 0 Å². The number of ether oxygens (including phenoxy) is 2. The molecule has 0 radical (unpaired) electrons. The zero-order valence-electron chi connectivity index (χ0n) is 10.7. The van der Waals surface area contributed by atoms with Gasteiger partial charge < -0.3 is 14.8 Å². The van der Waals surface area contributed by atoms with Gasteiger partial charge in [-0.1, -0.05) is 13.0 Å². The van der Waals surface area contributed by atoms with Crippen molar-refractivity contribution in [2.45, 2.75) is 32.4 Å². The number of nitrogens with one attached hydrogen (secondary N) is 1. The molecule has 1 aromatic rings. The minimum atomic E-state index is -0.281. The topological polar surface area (TPSA) is 30.5 Å². The number of benzene rings is 1. The Hall–Kier alpha value is -1.13. The van der Waals surface area contributed by atoms with Crippen molar-refractivity contribution in [2.24, 2.45) is 0 Å². The number of hydrogen-bond donors (Lipinski definition) is 1. The molecule has 1 heterocycles. The summed E-state index contributed by atoms with van der Waals surface area (Å²) in [5.74, 6) is 0.0686. The van der Waals surface area contributed by atoms with Crippen LogP contribution in [0.1, 0.15) is 25.3 Å². The molecule has 1 N–H and O–H groups in total. The molecule has 0 aromatic heterocycles. The summed E-state index contributed by atoms with van der Waals surface area (Å²) in [5, 5.41) is 3.17. The summed E-state index contributed by atoms with van der Waals surface area (Å²) in [5.41, 5.74) is 0.939. The van der Waals surface area contributed by atoms with Crippen LogP contribution in [0.4, 0.5) is 4.39 Å².